The van der Waals surface area contributed by atoms with Crippen molar-refractivity contribution in [1.29, 1.82) is 0 Å². The quantitative estimate of drug-likeness (QED) is 0.533. The van der Waals surface area contributed by atoms with Gasteiger partial charge in [0.05, 0.1) is 10.7 Å². The van der Waals surface area contributed by atoms with Gasteiger partial charge in [-0.25, -0.2) is 4.98 Å². The number of nitrogens with zero attached hydrogens (tertiary/aromatic N) is 1. The summed E-state index contributed by atoms with van der Waals surface area (Å²) in [5.41, 5.74) is 1.19. The van der Waals surface area contributed by atoms with Crippen molar-refractivity contribution in [3.05, 3.63) is 21.7 Å². The van der Waals surface area contributed by atoms with E-state index in [4.69, 9.17) is 0 Å². The molecule has 2 rings (SSSR count). The summed E-state index contributed by atoms with van der Waals surface area (Å²) in [6, 6.07) is 0. The Hall–Kier alpha value is -0.630. The summed E-state index contributed by atoms with van der Waals surface area (Å²) in [6.45, 7) is 2.05. The molecule has 0 aromatic carbocycles. The Balaban J connectivity index is 2.61. The molecule has 0 radical (unpaired) electrons. The molecule has 0 N–H and O–H groups in total. The first-order chi connectivity index (χ1) is 4.36. The first-order valence-corrected chi connectivity index (χ1v) is 3.81. The molecule has 1 aliphatic carbocycles. The van der Waals surface area contributed by atoms with E-state index < -0.39 is 0 Å². The molecule has 1 aromatic heterocycles. The molecule has 0 saturated carbocycles. The van der Waals surface area contributed by atoms with Gasteiger partial charge in [0.1, 0.15) is 0 Å². The molecule has 0 saturated heterocycles. The number of hydrogen-bond acceptors (Lipinski definition) is 2. The smallest absolute Gasteiger partial charge is 0.0904 e. The summed E-state index contributed by atoms with van der Waals surface area (Å²) in [5, 5.41) is 1.18. The largest absolute Gasteiger partial charge is 0.242 e. The first kappa shape index (κ1) is 5.18. The van der Waals surface area contributed by atoms with E-state index in [0.29, 0.717) is 0 Å². The van der Waals surface area contributed by atoms with Crippen LogP contribution < -0.4 is 0 Å². The minimum atomic E-state index is 1.10. The van der Waals surface area contributed by atoms with Crippen LogP contribution in [0.25, 0.3) is 6.08 Å². The highest BCUT2D eigenvalue weighted by molar-refractivity contribution is 7.11. The highest BCUT2D eigenvalue weighted by Gasteiger charge is 2.08. The molecule has 0 fully saturated rings. The zero-order valence-corrected chi connectivity index (χ0v) is 6.03. The number of rotatable bonds is 0. The normalized spacial score (nSPS) is 14.3. The molecular weight excluding hydrogens is 130 g/mol. The van der Waals surface area contributed by atoms with Crippen molar-refractivity contribution in [3.8, 4) is 0 Å². The molecule has 9 heavy (non-hydrogen) atoms. The van der Waals surface area contributed by atoms with Crippen molar-refractivity contribution < 1.29 is 0 Å². The van der Waals surface area contributed by atoms with Crippen LogP contribution in [0.1, 0.15) is 15.6 Å². The Kier molecular flexibility index (Phi) is 0.963. The summed E-state index contributed by atoms with van der Waals surface area (Å²) < 4.78 is 0. The fourth-order valence-corrected chi connectivity index (χ4v) is 1.94. The number of aromatic nitrogens is 1. The van der Waals surface area contributed by atoms with Gasteiger partial charge < -0.3 is 0 Å². The molecule has 1 nitrogen and oxygen atoms in total. The molecule has 0 atom stereocenters. The lowest BCUT2D eigenvalue weighted by Crippen LogP contribution is -1.70. The van der Waals surface area contributed by atoms with Gasteiger partial charge in [0.15, 0.2) is 0 Å². The highest BCUT2D eigenvalue weighted by atomic mass is 32.1. The van der Waals surface area contributed by atoms with Gasteiger partial charge in [-0.2, -0.15) is 0 Å². The fraction of sp³-hybridized carbons (Fsp3) is 0.286. The van der Waals surface area contributed by atoms with Gasteiger partial charge in [-0.1, -0.05) is 6.08 Å². The highest BCUT2D eigenvalue weighted by Crippen LogP contribution is 2.24. The maximum absolute atomic E-state index is 4.32. The van der Waals surface area contributed by atoms with Crippen LogP contribution in [0.2, 0.25) is 0 Å². The average Bonchev–Trinajstić information content (AvgIpc) is 2.22. The second-order valence-electron chi connectivity index (χ2n) is 2.15. The standard InChI is InChI=1S/C7H7NS/c1-5-8-6-3-2-4-7(6)9-5/h2-3H,4H2,1H3. The summed E-state index contributed by atoms with van der Waals surface area (Å²) in [5.74, 6) is 0. The van der Waals surface area contributed by atoms with Crippen LogP contribution in [-0.2, 0) is 6.42 Å². The van der Waals surface area contributed by atoms with Crippen molar-refractivity contribution in [2.45, 2.75) is 13.3 Å². The molecule has 2 heteroatoms. The molecule has 1 aliphatic rings. The van der Waals surface area contributed by atoms with Crippen LogP contribution in [0.4, 0.5) is 0 Å². The molecule has 1 heterocycles. The van der Waals surface area contributed by atoms with Crippen LogP contribution >= 0.6 is 11.3 Å². The summed E-state index contributed by atoms with van der Waals surface area (Å²) in [4.78, 5) is 5.75. The van der Waals surface area contributed by atoms with Crippen molar-refractivity contribution in [3.63, 3.8) is 0 Å². The molecule has 0 unspecified atom stereocenters. The number of hydrogen-bond donors (Lipinski definition) is 0. The Bertz CT molecular complexity index is 260. The van der Waals surface area contributed by atoms with E-state index >= 15 is 0 Å². The van der Waals surface area contributed by atoms with Crippen LogP contribution in [0, 0.1) is 6.92 Å². The molecule has 0 bridgehead atoms. The summed E-state index contributed by atoms with van der Waals surface area (Å²) >= 11 is 1.80. The van der Waals surface area contributed by atoms with Crippen molar-refractivity contribution >= 4 is 17.4 Å². The maximum Gasteiger partial charge on any atom is 0.0904 e. The molecular formula is C7H7NS. The lowest BCUT2D eigenvalue weighted by atomic mass is 10.4. The zero-order chi connectivity index (χ0) is 6.27. The molecule has 0 spiro atoms. The van der Waals surface area contributed by atoms with E-state index in [9.17, 15) is 0 Å². The lowest BCUT2D eigenvalue weighted by molar-refractivity contribution is 1.26. The predicted molar refractivity (Wildman–Crippen MR) is 39.6 cm³/mol. The zero-order valence-electron chi connectivity index (χ0n) is 5.22. The van der Waals surface area contributed by atoms with Gasteiger partial charge >= 0.3 is 0 Å². The van der Waals surface area contributed by atoms with Gasteiger partial charge in [-0.05, 0) is 13.0 Å². The lowest BCUT2D eigenvalue weighted by Gasteiger charge is -1.77. The van der Waals surface area contributed by atoms with Crippen LogP contribution in [0.15, 0.2) is 6.08 Å². The number of fused-ring (bicyclic) bond motifs is 1. The Morgan fingerprint density at radius 3 is 3.33 bits per heavy atom. The maximum atomic E-state index is 4.32. The SMILES string of the molecule is Cc1nc2c(s1)CC=C2. The predicted octanol–water partition coefficient (Wildman–Crippen LogP) is 2.02. The van der Waals surface area contributed by atoms with Crippen LogP contribution in [0.3, 0.4) is 0 Å². The molecule has 0 amide bonds. The molecule has 1 aromatic rings. The number of allylic oxidation sites excluding steroid dienone is 1. The Morgan fingerprint density at radius 1 is 1.67 bits per heavy atom. The summed E-state index contributed by atoms with van der Waals surface area (Å²) in [7, 11) is 0. The topological polar surface area (TPSA) is 12.9 Å². The van der Waals surface area contributed by atoms with Crippen molar-refractivity contribution in [2.24, 2.45) is 0 Å². The first-order valence-electron chi connectivity index (χ1n) is 2.99. The van der Waals surface area contributed by atoms with Crippen molar-refractivity contribution in [1.82, 2.24) is 4.98 Å². The van der Waals surface area contributed by atoms with Gasteiger partial charge in [0, 0.05) is 11.3 Å². The number of thiazole rings is 1. The second kappa shape index (κ2) is 1.67. The minimum absolute atomic E-state index is 1.10. The van der Waals surface area contributed by atoms with Gasteiger partial charge in [0.2, 0.25) is 0 Å². The third kappa shape index (κ3) is 0.704. The number of aryl methyl sites for hydroxylation is 1. The van der Waals surface area contributed by atoms with Crippen LogP contribution in [0.5, 0.6) is 0 Å². The van der Waals surface area contributed by atoms with E-state index in [-0.39, 0.29) is 0 Å². The van der Waals surface area contributed by atoms with Crippen LogP contribution in [-0.4, -0.2) is 4.98 Å². The van der Waals surface area contributed by atoms with E-state index in [0.717, 1.165) is 6.42 Å². The van der Waals surface area contributed by atoms with Gasteiger partial charge in [0.25, 0.3) is 0 Å². The fourth-order valence-electron chi connectivity index (χ4n) is 1.04. The summed E-state index contributed by atoms with van der Waals surface area (Å²) in [6.07, 6.45) is 5.35. The minimum Gasteiger partial charge on any atom is -0.242 e. The molecule has 0 aliphatic heterocycles. The van der Waals surface area contributed by atoms with E-state index in [1.165, 1.54) is 15.6 Å². The van der Waals surface area contributed by atoms with E-state index in [1.54, 1.807) is 11.3 Å². The van der Waals surface area contributed by atoms with Crippen molar-refractivity contribution in [2.75, 3.05) is 0 Å². The average molecular weight is 137 g/mol. The monoisotopic (exact) mass is 137 g/mol. The Morgan fingerprint density at radius 2 is 2.56 bits per heavy atom. The van der Waals surface area contributed by atoms with Gasteiger partial charge in [-0.3, -0.25) is 0 Å². The molecule has 46 valence electrons. The third-order valence-electron chi connectivity index (χ3n) is 1.41. The van der Waals surface area contributed by atoms with E-state index in [2.05, 4.69) is 24.1 Å². The third-order valence-corrected chi connectivity index (χ3v) is 2.42. The van der Waals surface area contributed by atoms with Gasteiger partial charge in [-0.15, -0.1) is 11.3 Å². The second-order valence-corrected chi connectivity index (χ2v) is 3.44. The van der Waals surface area contributed by atoms with E-state index in [1.807, 2.05) is 0 Å². The Labute approximate surface area is 58.1 Å².